The fourth-order valence-corrected chi connectivity index (χ4v) is 0.802. The molecule has 3 radical (unpaired) electrons. The number of piperidine rings is 1. The van der Waals surface area contributed by atoms with Crippen LogP contribution in [0.15, 0.2) is 0 Å². The minimum Gasteiger partial charge on any atom is -0.317 e. The highest BCUT2D eigenvalue weighted by Gasteiger charge is 1.93. The second kappa shape index (κ2) is 15.9. The zero-order valence-corrected chi connectivity index (χ0v) is 5.84. The minimum atomic E-state index is 0. The molecule has 0 amide bonds. The summed E-state index contributed by atoms with van der Waals surface area (Å²) >= 11 is 0. The number of nitrogens with one attached hydrogen (secondary N) is 1. The molecule has 1 rings (SSSR count). The molecule has 0 atom stereocenters. The Morgan fingerprint density at radius 2 is 1.10 bits per heavy atom. The molecule has 1 heterocycles. The summed E-state index contributed by atoms with van der Waals surface area (Å²) < 4.78 is 0. The molecular weight excluding hydrogens is 142 g/mol. The van der Waals surface area contributed by atoms with E-state index in [0.29, 0.717) is 0 Å². The van der Waals surface area contributed by atoms with E-state index in [0.717, 1.165) is 0 Å². The highest BCUT2D eigenvalue weighted by atomic mass is 19.0. The average Bonchev–Trinajstić information content (AvgIpc) is 1.72. The van der Waals surface area contributed by atoms with Crippen molar-refractivity contribution >= 4 is 8.41 Å². The van der Waals surface area contributed by atoms with Crippen molar-refractivity contribution in [2.75, 3.05) is 13.1 Å². The lowest BCUT2D eigenvalue weighted by atomic mass is 10.2. The summed E-state index contributed by atoms with van der Waals surface area (Å²) in [6.45, 7) is 2.50. The highest BCUT2D eigenvalue weighted by Crippen LogP contribution is 1.96. The summed E-state index contributed by atoms with van der Waals surface area (Å²) in [7, 11) is 0. The highest BCUT2D eigenvalue weighted by molar-refractivity contribution is 5.75. The third-order valence-electron chi connectivity index (χ3n) is 1.21. The molecule has 0 spiro atoms. The molecule has 0 aromatic carbocycles. The lowest BCUT2D eigenvalue weighted by Crippen LogP contribution is -2.21. The van der Waals surface area contributed by atoms with Gasteiger partial charge in [-0.05, 0) is 25.9 Å². The van der Waals surface area contributed by atoms with Gasteiger partial charge in [0.15, 0.2) is 0 Å². The summed E-state index contributed by atoms with van der Waals surface area (Å²) in [4.78, 5) is 0. The minimum absolute atomic E-state index is 0. The maximum atomic E-state index is 3.28. The first kappa shape index (κ1) is 22.6. The molecule has 0 aliphatic carbocycles. The molecular formula is C5H14BF3N. The van der Waals surface area contributed by atoms with Crippen molar-refractivity contribution in [3.05, 3.63) is 0 Å². The average molecular weight is 156 g/mol. The van der Waals surface area contributed by atoms with Gasteiger partial charge in [-0.15, -0.1) is 0 Å². The third kappa shape index (κ3) is 10.7. The standard InChI is InChI=1S/C5H11N.B.3FH/c1-2-4-6-5-3-1;;;;/h6H,1-5H2;;3*1H. The van der Waals surface area contributed by atoms with Crippen LogP contribution in [0.5, 0.6) is 0 Å². The Morgan fingerprint density at radius 3 is 1.20 bits per heavy atom. The summed E-state index contributed by atoms with van der Waals surface area (Å²) in [6.07, 6.45) is 4.22. The molecule has 5 heteroatoms. The fraction of sp³-hybridized carbons (Fsp3) is 1.00. The predicted molar refractivity (Wildman–Crippen MR) is 40.0 cm³/mol. The van der Waals surface area contributed by atoms with Crippen LogP contribution in [0.25, 0.3) is 0 Å². The first-order chi connectivity index (χ1) is 3.00. The summed E-state index contributed by atoms with van der Waals surface area (Å²) in [5.74, 6) is 0. The van der Waals surface area contributed by atoms with Crippen LogP contribution in [0, 0.1) is 0 Å². The molecule has 63 valence electrons. The largest absolute Gasteiger partial charge is 0.317 e. The Kier molecular flexibility index (Phi) is 35.9. The molecule has 1 aliphatic heterocycles. The van der Waals surface area contributed by atoms with E-state index in [1.165, 1.54) is 32.4 Å². The number of hydrogen-bond donors (Lipinski definition) is 1. The van der Waals surface area contributed by atoms with Crippen LogP contribution >= 0.6 is 0 Å². The van der Waals surface area contributed by atoms with Gasteiger partial charge in [0.25, 0.3) is 0 Å². The van der Waals surface area contributed by atoms with Crippen LogP contribution in [0.3, 0.4) is 0 Å². The molecule has 0 unspecified atom stereocenters. The molecule has 0 aromatic heterocycles. The molecule has 1 nitrogen and oxygen atoms in total. The Hall–Kier alpha value is -0.185. The maximum absolute atomic E-state index is 3.28. The maximum Gasteiger partial charge on any atom is 0 e. The van der Waals surface area contributed by atoms with E-state index >= 15 is 0 Å². The van der Waals surface area contributed by atoms with Crippen LogP contribution in [0.2, 0.25) is 0 Å². The van der Waals surface area contributed by atoms with Crippen molar-refractivity contribution in [3.8, 4) is 0 Å². The van der Waals surface area contributed by atoms with Gasteiger partial charge in [-0.3, -0.25) is 14.1 Å². The van der Waals surface area contributed by atoms with E-state index in [1.54, 1.807) is 0 Å². The number of rotatable bonds is 0. The van der Waals surface area contributed by atoms with E-state index in [4.69, 9.17) is 0 Å². The second-order valence-electron chi connectivity index (χ2n) is 1.81. The topological polar surface area (TPSA) is 12.0 Å². The lowest BCUT2D eigenvalue weighted by Gasteiger charge is -2.08. The van der Waals surface area contributed by atoms with Gasteiger partial charge in [-0.2, -0.15) is 0 Å². The third-order valence-corrected chi connectivity index (χ3v) is 1.21. The van der Waals surface area contributed by atoms with Crippen LogP contribution in [-0.2, 0) is 0 Å². The van der Waals surface area contributed by atoms with Gasteiger partial charge in [0.1, 0.15) is 0 Å². The van der Waals surface area contributed by atoms with Crippen LogP contribution in [0.1, 0.15) is 19.3 Å². The first-order valence-corrected chi connectivity index (χ1v) is 2.71. The van der Waals surface area contributed by atoms with Crippen molar-refractivity contribution in [3.63, 3.8) is 0 Å². The van der Waals surface area contributed by atoms with Crippen molar-refractivity contribution in [1.82, 2.24) is 5.32 Å². The SMILES string of the molecule is C1CCNCC1.F.F.F.[B]. The van der Waals surface area contributed by atoms with Gasteiger partial charge >= 0.3 is 0 Å². The van der Waals surface area contributed by atoms with Crippen molar-refractivity contribution < 1.29 is 14.1 Å². The van der Waals surface area contributed by atoms with Gasteiger partial charge < -0.3 is 5.32 Å². The van der Waals surface area contributed by atoms with E-state index in [1.807, 2.05) is 0 Å². The monoisotopic (exact) mass is 156 g/mol. The zero-order chi connectivity index (χ0) is 4.24. The molecule has 0 bridgehead atoms. The summed E-state index contributed by atoms with van der Waals surface area (Å²) in [6, 6.07) is 0. The van der Waals surface area contributed by atoms with Crippen LogP contribution in [0.4, 0.5) is 14.1 Å². The van der Waals surface area contributed by atoms with E-state index in [2.05, 4.69) is 5.32 Å². The predicted octanol–water partition coefficient (Wildman–Crippen LogP) is 0.837. The van der Waals surface area contributed by atoms with E-state index < -0.39 is 0 Å². The summed E-state index contributed by atoms with van der Waals surface area (Å²) in [5.41, 5.74) is 0. The Labute approximate surface area is 61.3 Å². The Balaban J connectivity index is -0.0000000450. The molecule has 1 saturated heterocycles. The summed E-state index contributed by atoms with van der Waals surface area (Å²) in [5, 5.41) is 3.28. The van der Waals surface area contributed by atoms with Gasteiger partial charge in [0.2, 0.25) is 0 Å². The number of hydrogen-bond acceptors (Lipinski definition) is 1. The van der Waals surface area contributed by atoms with Crippen molar-refractivity contribution in [2.45, 2.75) is 19.3 Å². The van der Waals surface area contributed by atoms with Crippen LogP contribution < -0.4 is 5.32 Å². The lowest BCUT2D eigenvalue weighted by molar-refractivity contribution is 0.520. The number of halogens is 3. The quantitative estimate of drug-likeness (QED) is 0.512. The molecule has 1 fully saturated rings. The first-order valence-electron chi connectivity index (χ1n) is 2.71. The Bertz CT molecular complexity index is 32.4. The van der Waals surface area contributed by atoms with Crippen LogP contribution in [-0.4, -0.2) is 21.5 Å². The van der Waals surface area contributed by atoms with Gasteiger partial charge in [0.05, 0.1) is 0 Å². The zero-order valence-electron chi connectivity index (χ0n) is 5.84. The van der Waals surface area contributed by atoms with Crippen molar-refractivity contribution in [1.29, 1.82) is 0 Å². The smallest absolute Gasteiger partial charge is 0 e. The molecule has 1 N–H and O–H groups in total. The Morgan fingerprint density at radius 1 is 0.700 bits per heavy atom. The molecule has 1 aliphatic rings. The van der Waals surface area contributed by atoms with Gasteiger partial charge in [-0.25, -0.2) is 0 Å². The van der Waals surface area contributed by atoms with E-state index in [9.17, 15) is 0 Å². The normalized spacial score (nSPS) is 14.4. The van der Waals surface area contributed by atoms with Gasteiger partial charge in [-0.1, -0.05) is 6.42 Å². The second-order valence-corrected chi connectivity index (χ2v) is 1.81. The molecule has 10 heavy (non-hydrogen) atoms. The van der Waals surface area contributed by atoms with Crippen molar-refractivity contribution in [2.24, 2.45) is 0 Å². The molecule has 0 saturated carbocycles. The van der Waals surface area contributed by atoms with Gasteiger partial charge in [0, 0.05) is 8.41 Å². The van der Waals surface area contributed by atoms with E-state index in [-0.39, 0.29) is 22.5 Å². The molecule has 0 aromatic rings. The fourth-order valence-electron chi connectivity index (χ4n) is 0.802.